The molecule has 2 aromatic carbocycles. The van der Waals surface area contributed by atoms with Gasteiger partial charge in [0.15, 0.2) is 0 Å². The van der Waals surface area contributed by atoms with Crippen molar-refractivity contribution < 1.29 is 4.74 Å². The summed E-state index contributed by atoms with van der Waals surface area (Å²) < 4.78 is 7.48. The Labute approximate surface area is 202 Å². The number of rotatable bonds is 7. The first-order chi connectivity index (χ1) is 15.8. The number of ether oxygens (including phenoxy) is 1. The van der Waals surface area contributed by atoms with E-state index >= 15 is 0 Å². The third-order valence-corrected chi connectivity index (χ3v) is 6.50. The first-order valence-corrected chi connectivity index (χ1v) is 12.2. The summed E-state index contributed by atoms with van der Waals surface area (Å²) in [5, 5.41) is 5.78. The van der Waals surface area contributed by atoms with Gasteiger partial charge in [-0.05, 0) is 94.8 Å². The number of halogens is 1. The summed E-state index contributed by atoms with van der Waals surface area (Å²) in [6.07, 6.45) is 2.10. The smallest absolute Gasteiger partial charge is 0.118 e. The molecule has 0 bridgehead atoms. The van der Waals surface area contributed by atoms with Crippen molar-refractivity contribution in [1.29, 1.82) is 0 Å². The normalized spacial score (nSPS) is 15.1. The summed E-state index contributed by atoms with van der Waals surface area (Å²) in [7, 11) is 1.70. The van der Waals surface area contributed by atoms with Crippen molar-refractivity contribution in [2.75, 3.05) is 44.7 Å². The monoisotopic (exact) mass is 466 g/mol. The minimum atomic E-state index is -0.0779. The number of aromatic nitrogens is 2. The lowest BCUT2D eigenvalue weighted by atomic mass is 10.1. The molecule has 0 atom stereocenters. The van der Waals surface area contributed by atoms with Crippen LogP contribution in [0.1, 0.15) is 32.9 Å². The minimum Gasteiger partial charge on any atom is -0.497 e. The van der Waals surface area contributed by atoms with Gasteiger partial charge in [-0.1, -0.05) is 11.6 Å². The SMILES string of the molecule is COc1ccc(-c2cc(CCCN3CCN(c4ccc(Cl)cc4)CC3)nn2C(C)(C)C)cc1. The van der Waals surface area contributed by atoms with Crippen molar-refractivity contribution in [1.82, 2.24) is 14.7 Å². The molecular formula is C27H35ClN4O. The van der Waals surface area contributed by atoms with Gasteiger partial charge < -0.3 is 9.64 Å². The first-order valence-electron chi connectivity index (χ1n) is 11.8. The predicted octanol–water partition coefficient (Wildman–Crippen LogP) is 5.72. The van der Waals surface area contributed by atoms with Gasteiger partial charge >= 0.3 is 0 Å². The van der Waals surface area contributed by atoms with E-state index in [2.05, 4.69) is 65.6 Å². The van der Waals surface area contributed by atoms with E-state index in [9.17, 15) is 0 Å². The number of methoxy groups -OCH3 is 1. The molecule has 4 rings (SSSR count). The minimum absolute atomic E-state index is 0.0779. The van der Waals surface area contributed by atoms with E-state index in [0.717, 1.165) is 67.7 Å². The van der Waals surface area contributed by atoms with Crippen LogP contribution in [0.25, 0.3) is 11.3 Å². The van der Waals surface area contributed by atoms with Crippen molar-refractivity contribution >= 4 is 17.3 Å². The fourth-order valence-electron chi connectivity index (χ4n) is 4.40. The number of hydrogen-bond acceptors (Lipinski definition) is 4. The van der Waals surface area contributed by atoms with Crippen LogP contribution < -0.4 is 9.64 Å². The van der Waals surface area contributed by atoms with Crippen molar-refractivity contribution in [2.45, 2.75) is 39.2 Å². The van der Waals surface area contributed by atoms with E-state index < -0.39 is 0 Å². The summed E-state index contributed by atoms with van der Waals surface area (Å²) in [5.74, 6) is 0.872. The molecule has 0 unspecified atom stereocenters. The highest BCUT2D eigenvalue weighted by molar-refractivity contribution is 6.30. The Bertz CT molecular complexity index is 1030. The Balaban J connectivity index is 1.34. The Morgan fingerprint density at radius 3 is 2.21 bits per heavy atom. The number of benzene rings is 2. The summed E-state index contributed by atoms with van der Waals surface area (Å²) >= 11 is 6.03. The molecule has 2 heterocycles. The van der Waals surface area contributed by atoms with Crippen molar-refractivity contribution in [3.8, 4) is 17.0 Å². The zero-order chi connectivity index (χ0) is 23.4. The van der Waals surface area contributed by atoms with Crippen LogP contribution in [-0.4, -0.2) is 54.5 Å². The van der Waals surface area contributed by atoms with Gasteiger partial charge in [0.2, 0.25) is 0 Å². The Hall–Kier alpha value is -2.50. The standard InChI is InChI=1S/C27H35ClN4O/c1-27(2,3)32-26(21-7-13-25(33-4)14-8-21)20-23(29-32)6-5-15-30-16-18-31(19-17-30)24-11-9-22(28)10-12-24/h7-14,20H,5-6,15-19H2,1-4H3. The molecule has 0 aliphatic carbocycles. The highest BCUT2D eigenvalue weighted by atomic mass is 35.5. The van der Waals surface area contributed by atoms with Crippen LogP contribution >= 0.6 is 11.6 Å². The van der Waals surface area contributed by atoms with Gasteiger partial charge in [-0.3, -0.25) is 9.58 Å². The number of aryl methyl sites for hydroxylation is 1. The molecule has 176 valence electrons. The molecule has 1 aliphatic rings. The van der Waals surface area contributed by atoms with Crippen LogP contribution in [0.5, 0.6) is 5.75 Å². The topological polar surface area (TPSA) is 33.5 Å². The van der Waals surface area contributed by atoms with Gasteiger partial charge in [0.25, 0.3) is 0 Å². The van der Waals surface area contributed by atoms with Crippen molar-refractivity contribution in [3.63, 3.8) is 0 Å². The Morgan fingerprint density at radius 2 is 1.61 bits per heavy atom. The predicted molar refractivity (Wildman–Crippen MR) is 138 cm³/mol. The zero-order valence-corrected chi connectivity index (χ0v) is 21.0. The average Bonchev–Trinajstić information content (AvgIpc) is 3.25. The fraction of sp³-hybridized carbons (Fsp3) is 0.444. The molecule has 1 aliphatic heterocycles. The van der Waals surface area contributed by atoms with Gasteiger partial charge in [0.05, 0.1) is 24.0 Å². The first kappa shape index (κ1) is 23.7. The van der Waals surface area contributed by atoms with E-state index in [-0.39, 0.29) is 5.54 Å². The van der Waals surface area contributed by atoms with Gasteiger partial charge in [0.1, 0.15) is 5.75 Å². The summed E-state index contributed by atoms with van der Waals surface area (Å²) in [4.78, 5) is 5.01. The van der Waals surface area contributed by atoms with Gasteiger partial charge in [-0.15, -0.1) is 0 Å². The van der Waals surface area contributed by atoms with Gasteiger partial charge in [-0.25, -0.2) is 0 Å². The second-order valence-electron chi connectivity index (χ2n) is 9.74. The Kier molecular flexibility index (Phi) is 7.30. The molecule has 1 saturated heterocycles. The third-order valence-electron chi connectivity index (χ3n) is 6.25. The zero-order valence-electron chi connectivity index (χ0n) is 20.2. The summed E-state index contributed by atoms with van der Waals surface area (Å²) in [6.45, 7) is 12.0. The lowest BCUT2D eigenvalue weighted by Gasteiger charge is -2.36. The van der Waals surface area contributed by atoms with E-state index in [1.807, 2.05) is 24.3 Å². The molecule has 1 fully saturated rings. The van der Waals surface area contributed by atoms with Gasteiger partial charge in [0, 0.05) is 42.5 Å². The van der Waals surface area contributed by atoms with E-state index in [1.165, 1.54) is 11.3 Å². The van der Waals surface area contributed by atoms with Gasteiger partial charge in [-0.2, -0.15) is 5.10 Å². The van der Waals surface area contributed by atoms with Crippen LogP contribution in [-0.2, 0) is 12.0 Å². The third kappa shape index (κ3) is 5.90. The maximum atomic E-state index is 6.03. The Morgan fingerprint density at radius 1 is 0.939 bits per heavy atom. The number of piperazine rings is 1. The second kappa shape index (κ2) is 10.2. The van der Waals surface area contributed by atoms with E-state index in [4.69, 9.17) is 21.4 Å². The molecule has 1 aromatic heterocycles. The van der Waals surface area contributed by atoms with Crippen LogP contribution in [0.4, 0.5) is 5.69 Å². The highest BCUT2D eigenvalue weighted by Gasteiger charge is 2.21. The van der Waals surface area contributed by atoms with E-state index in [1.54, 1.807) is 7.11 Å². The molecule has 0 amide bonds. The number of nitrogens with zero attached hydrogens (tertiary/aromatic N) is 4. The average molecular weight is 467 g/mol. The largest absolute Gasteiger partial charge is 0.497 e. The molecular weight excluding hydrogens is 432 g/mol. The lowest BCUT2D eigenvalue weighted by molar-refractivity contribution is 0.254. The van der Waals surface area contributed by atoms with E-state index in [0.29, 0.717) is 0 Å². The van der Waals surface area contributed by atoms with Crippen LogP contribution in [0.2, 0.25) is 5.02 Å². The highest BCUT2D eigenvalue weighted by Crippen LogP contribution is 2.28. The maximum absolute atomic E-state index is 6.03. The summed E-state index contributed by atoms with van der Waals surface area (Å²) in [6, 6.07) is 18.7. The maximum Gasteiger partial charge on any atom is 0.118 e. The molecule has 33 heavy (non-hydrogen) atoms. The quantitative estimate of drug-likeness (QED) is 0.445. The van der Waals surface area contributed by atoms with Crippen molar-refractivity contribution in [3.05, 3.63) is 65.3 Å². The van der Waals surface area contributed by atoms with Crippen molar-refractivity contribution in [2.24, 2.45) is 0 Å². The molecule has 3 aromatic rings. The fourth-order valence-corrected chi connectivity index (χ4v) is 4.52. The molecule has 0 N–H and O–H groups in total. The summed E-state index contributed by atoms with van der Waals surface area (Å²) in [5.41, 5.74) is 4.68. The number of hydrogen-bond donors (Lipinski definition) is 0. The van der Waals surface area contributed by atoms with Crippen LogP contribution in [0.15, 0.2) is 54.6 Å². The second-order valence-corrected chi connectivity index (χ2v) is 10.2. The van der Waals surface area contributed by atoms with Crippen LogP contribution in [0, 0.1) is 0 Å². The lowest BCUT2D eigenvalue weighted by Crippen LogP contribution is -2.46. The molecule has 5 nitrogen and oxygen atoms in total. The molecule has 0 saturated carbocycles. The molecule has 0 radical (unpaired) electrons. The van der Waals surface area contributed by atoms with Crippen LogP contribution in [0.3, 0.4) is 0 Å². The molecule has 0 spiro atoms. The molecule has 6 heteroatoms. The number of anilines is 1.